The van der Waals surface area contributed by atoms with Crippen LogP contribution in [0.4, 0.5) is 0 Å². The highest BCUT2D eigenvalue weighted by atomic mass is 16.5. The number of fused-ring (bicyclic) bond motifs is 1. The third-order valence-electron chi connectivity index (χ3n) is 4.32. The first-order valence-corrected chi connectivity index (χ1v) is 8.25. The summed E-state index contributed by atoms with van der Waals surface area (Å²) in [6, 6.07) is 8.01. The largest absolute Gasteiger partial charge is 0.493 e. The molecule has 1 atom stereocenters. The quantitative estimate of drug-likeness (QED) is 0.862. The zero-order valence-corrected chi connectivity index (χ0v) is 13.6. The number of aromatic nitrogens is 1. The lowest BCUT2D eigenvalue weighted by atomic mass is 10.0. The second kappa shape index (κ2) is 7.16. The Balaban J connectivity index is 1.68. The second-order valence-corrected chi connectivity index (χ2v) is 6.42. The third-order valence-corrected chi connectivity index (χ3v) is 4.32. The highest BCUT2D eigenvalue weighted by molar-refractivity contribution is 5.84. The Kier molecular flexibility index (Phi) is 5.01. The second-order valence-electron chi connectivity index (χ2n) is 6.42. The summed E-state index contributed by atoms with van der Waals surface area (Å²) in [7, 11) is 4.17. The maximum absolute atomic E-state index is 6.12. The molecule has 1 aromatic heterocycles. The fourth-order valence-corrected chi connectivity index (χ4v) is 3.19. The number of piperidine rings is 1. The number of rotatable bonds is 6. The molecule has 4 nitrogen and oxygen atoms in total. The molecule has 2 N–H and O–H groups in total. The van der Waals surface area contributed by atoms with E-state index >= 15 is 0 Å². The van der Waals surface area contributed by atoms with Crippen molar-refractivity contribution in [3.63, 3.8) is 0 Å². The van der Waals surface area contributed by atoms with Gasteiger partial charge in [0.05, 0.1) is 12.1 Å². The number of benzene rings is 1. The van der Waals surface area contributed by atoms with E-state index < -0.39 is 0 Å². The first-order valence-electron chi connectivity index (χ1n) is 8.25. The first-order chi connectivity index (χ1) is 10.7. The van der Waals surface area contributed by atoms with Gasteiger partial charge in [0.25, 0.3) is 0 Å². The van der Waals surface area contributed by atoms with Crippen molar-refractivity contribution in [1.82, 2.24) is 15.2 Å². The van der Waals surface area contributed by atoms with Gasteiger partial charge in [-0.1, -0.05) is 6.42 Å². The van der Waals surface area contributed by atoms with E-state index in [1.165, 1.54) is 24.8 Å². The number of ether oxygens (including phenoxy) is 1. The molecule has 3 rings (SSSR count). The number of nitrogens with zero attached hydrogens (tertiary/aromatic N) is 1. The lowest BCUT2D eigenvalue weighted by Gasteiger charge is -2.23. The summed E-state index contributed by atoms with van der Waals surface area (Å²) in [6.07, 6.45) is 6.88. The van der Waals surface area contributed by atoms with Gasteiger partial charge in [0.15, 0.2) is 0 Å². The molecule has 0 saturated carbocycles. The van der Waals surface area contributed by atoms with Crippen LogP contribution in [0.3, 0.4) is 0 Å². The van der Waals surface area contributed by atoms with E-state index in [9.17, 15) is 0 Å². The number of hydrogen-bond donors (Lipinski definition) is 2. The van der Waals surface area contributed by atoms with Crippen LogP contribution in [0.25, 0.3) is 10.9 Å². The zero-order valence-electron chi connectivity index (χ0n) is 13.6. The van der Waals surface area contributed by atoms with Crippen LogP contribution >= 0.6 is 0 Å². The monoisotopic (exact) mass is 300 g/mol. The van der Waals surface area contributed by atoms with Gasteiger partial charge in [-0.15, -0.1) is 0 Å². The molecule has 119 valence electrons. The van der Waals surface area contributed by atoms with Gasteiger partial charge in [-0.25, -0.2) is 0 Å². The SMILES string of the molecule is CN(C)Cc1c(OCCC2CCCCN2)ccc2[c]c[nH]c12. The Hall–Kier alpha value is -1.52. The first kappa shape index (κ1) is 15.4. The zero-order chi connectivity index (χ0) is 15.4. The summed E-state index contributed by atoms with van der Waals surface area (Å²) in [5, 5.41) is 4.70. The molecule has 1 aromatic carbocycles. The van der Waals surface area contributed by atoms with Crippen LogP contribution in [0.5, 0.6) is 5.75 Å². The fraction of sp³-hybridized carbons (Fsp3) is 0.556. The minimum absolute atomic E-state index is 0.619. The van der Waals surface area contributed by atoms with E-state index in [0.717, 1.165) is 42.8 Å². The molecule has 1 unspecified atom stereocenters. The molecule has 2 heterocycles. The van der Waals surface area contributed by atoms with Crippen molar-refractivity contribution >= 4 is 10.9 Å². The average molecular weight is 300 g/mol. The molecule has 2 aromatic rings. The standard InChI is InChI=1S/C18H26N3O/c1-21(2)13-16-17(7-6-14-8-11-20-18(14)16)22-12-9-15-5-3-4-10-19-15/h6-7,11,15,19-20H,3-5,9-10,12-13H2,1-2H3. The molecule has 1 saturated heterocycles. The van der Waals surface area contributed by atoms with Gasteiger partial charge in [0.1, 0.15) is 5.75 Å². The number of H-pyrrole nitrogens is 1. The molecule has 4 heteroatoms. The van der Waals surface area contributed by atoms with Crippen molar-refractivity contribution in [3.8, 4) is 5.75 Å². The summed E-state index contributed by atoms with van der Waals surface area (Å²) >= 11 is 0. The Labute approximate surface area is 132 Å². The third kappa shape index (κ3) is 3.62. The summed E-state index contributed by atoms with van der Waals surface area (Å²) in [6.45, 7) is 2.79. The minimum Gasteiger partial charge on any atom is -0.493 e. The Morgan fingerprint density at radius 3 is 3.00 bits per heavy atom. The van der Waals surface area contributed by atoms with Crippen LogP contribution in [-0.4, -0.2) is 43.2 Å². The van der Waals surface area contributed by atoms with Gasteiger partial charge in [0, 0.05) is 35.8 Å². The Bertz CT molecular complexity index is 599. The van der Waals surface area contributed by atoms with Gasteiger partial charge < -0.3 is 19.9 Å². The van der Waals surface area contributed by atoms with E-state index in [1.807, 2.05) is 6.20 Å². The van der Waals surface area contributed by atoms with E-state index in [0.29, 0.717) is 6.04 Å². The highest BCUT2D eigenvalue weighted by Crippen LogP contribution is 2.28. The van der Waals surface area contributed by atoms with Crippen LogP contribution in [0.15, 0.2) is 18.3 Å². The van der Waals surface area contributed by atoms with Crippen molar-refractivity contribution in [1.29, 1.82) is 0 Å². The number of aromatic amines is 1. The van der Waals surface area contributed by atoms with Gasteiger partial charge in [-0.3, -0.25) is 0 Å². The van der Waals surface area contributed by atoms with Gasteiger partial charge in [-0.2, -0.15) is 0 Å². The predicted octanol–water partition coefficient (Wildman–Crippen LogP) is 2.94. The molecular weight excluding hydrogens is 274 g/mol. The Morgan fingerprint density at radius 2 is 2.23 bits per heavy atom. The molecule has 1 aliphatic rings. The maximum atomic E-state index is 6.12. The van der Waals surface area contributed by atoms with Crippen molar-refractivity contribution in [2.45, 2.75) is 38.3 Å². The predicted molar refractivity (Wildman–Crippen MR) is 90.3 cm³/mol. The topological polar surface area (TPSA) is 40.3 Å². The molecule has 1 radical (unpaired) electrons. The average Bonchev–Trinajstić information content (AvgIpc) is 2.99. The fourth-order valence-electron chi connectivity index (χ4n) is 3.19. The summed E-state index contributed by atoms with van der Waals surface area (Å²) < 4.78 is 6.12. The molecule has 1 fully saturated rings. The highest BCUT2D eigenvalue weighted by Gasteiger charge is 2.14. The van der Waals surface area contributed by atoms with Gasteiger partial charge in [0.2, 0.25) is 0 Å². The summed E-state index contributed by atoms with van der Waals surface area (Å²) in [5.74, 6) is 0.993. The minimum atomic E-state index is 0.619. The molecule has 0 bridgehead atoms. The van der Waals surface area contributed by atoms with Crippen LogP contribution in [0, 0.1) is 6.07 Å². The van der Waals surface area contributed by atoms with E-state index in [4.69, 9.17) is 4.74 Å². The lowest BCUT2D eigenvalue weighted by molar-refractivity contribution is 0.263. The molecule has 1 aliphatic heterocycles. The van der Waals surface area contributed by atoms with E-state index in [1.54, 1.807) is 0 Å². The van der Waals surface area contributed by atoms with Crippen molar-refractivity contribution in [2.24, 2.45) is 0 Å². The molecule has 22 heavy (non-hydrogen) atoms. The number of nitrogens with one attached hydrogen (secondary N) is 2. The molecular formula is C18H26N3O. The van der Waals surface area contributed by atoms with E-state index in [2.05, 4.69) is 47.5 Å². The van der Waals surface area contributed by atoms with Crippen molar-refractivity contribution in [3.05, 3.63) is 30.0 Å². The molecule has 0 aliphatic carbocycles. The van der Waals surface area contributed by atoms with Gasteiger partial charge in [-0.05, 0) is 52.0 Å². The summed E-state index contributed by atoms with van der Waals surface area (Å²) in [4.78, 5) is 5.47. The van der Waals surface area contributed by atoms with Crippen LogP contribution in [0.1, 0.15) is 31.2 Å². The maximum Gasteiger partial charge on any atom is 0.125 e. The molecule has 0 amide bonds. The molecule has 0 spiro atoms. The summed E-state index contributed by atoms with van der Waals surface area (Å²) in [5.41, 5.74) is 2.36. The number of hydrogen-bond acceptors (Lipinski definition) is 3. The smallest absolute Gasteiger partial charge is 0.125 e. The van der Waals surface area contributed by atoms with E-state index in [-0.39, 0.29) is 0 Å². The van der Waals surface area contributed by atoms with Crippen LogP contribution < -0.4 is 10.1 Å². The van der Waals surface area contributed by atoms with Crippen LogP contribution in [-0.2, 0) is 6.54 Å². The normalized spacial score (nSPS) is 19.0. The lowest BCUT2D eigenvalue weighted by Crippen LogP contribution is -2.35. The van der Waals surface area contributed by atoms with Gasteiger partial charge >= 0.3 is 0 Å². The van der Waals surface area contributed by atoms with Crippen LogP contribution in [0.2, 0.25) is 0 Å². The Morgan fingerprint density at radius 1 is 1.32 bits per heavy atom. The van der Waals surface area contributed by atoms with Crippen molar-refractivity contribution < 1.29 is 4.74 Å². The van der Waals surface area contributed by atoms with Crippen molar-refractivity contribution in [2.75, 3.05) is 27.2 Å².